The van der Waals surface area contributed by atoms with Crippen molar-refractivity contribution in [2.24, 2.45) is 0 Å². The van der Waals surface area contributed by atoms with E-state index in [9.17, 15) is 13.2 Å². The van der Waals surface area contributed by atoms with Gasteiger partial charge in [0.05, 0.1) is 6.61 Å². The van der Waals surface area contributed by atoms with Crippen LogP contribution in [0.3, 0.4) is 0 Å². The predicted molar refractivity (Wildman–Crippen MR) is 94.7 cm³/mol. The van der Waals surface area contributed by atoms with E-state index in [1.54, 1.807) is 25.2 Å². The van der Waals surface area contributed by atoms with Gasteiger partial charge in [0.15, 0.2) is 5.82 Å². The molecule has 0 radical (unpaired) electrons. The number of anilines is 2. The molecule has 0 spiro atoms. The van der Waals surface area contributed by atoms with Gasteiger partial charge in [-0.3, -0.25) is 0 Å². The fourth-order valence-corrected chi connectivity index (χ4v) is 2.52. The summed E-state index contributed by atoms with van der Waals surface area (Å²) in [6, 6.07) is 7.09. The lowest BCUT2D eigenvalue weighted by Crippen LogP contribution is -2.19. The Hall–Kier alpha value is -1.58. The quantitative estimate of drug-likeness (QED) is 0.456. The largest absolute Gasteiger partial charge is 0.463 e. The van der Waals surface area contributed by atoms with Gasteiger partial charge in [-0.1, -0.05) is 19.4 Å². The molecule has 130 valence electrons. The van der Waals surface area contributed by atoms with Crippen molar-refractivity contribution < 1.29 is 17.9 Å². The number of rotatable bonds is 6. The third-order valence-electron chi connectivity index (χ3n) is 3.29. The van der Waals surface area contributed by atoms with Crippen LogP contribution in [0, 0.1) is 3.57 Å². The molecule has 1 aromatic carbocycles. The van der Waals surface area contributed by atoms with Gasteiger partial charge in [0.1, 0.15) is 5.56 Å². The second-order valence-electron chi connectivity index (χ2n) is 5.13. The molecule has 2 rings (SSSR count). The lowest BCUT2D eigenvalue weighted by atomic mass is 10.2. The van der Waals surface area contributed by atoms with E-state index in [2.05, 4.69) is 32.6 Å². The van der Waals surface area contributed by atoms with Gasteiger partial charge in [0.25, 0.3) is 0 Å². The second kappa shape index (κ2) is 8.00. The Morgan fingerprint density at radius 1 is 1.29 bits per heavy atom. The molecule has 0 aliphatic carbocycles. The molecule has 0 unspecified atom stereocenters. The normalized spacial score (nSPS) is 11.4. The summed E-state index contributed by atoms with van der Waals surface area (Å²) in [6.07, 6.45) is -2.08. The molecule has 0 fully saturated rings. The van der Waals surface area contributed by atoms with E-state index in [0.29, 0.717) is 12.3 Å². The van der Waals surface area contributed by atoms with Gasteiger partial charge >= 0.3 is 12.2 Å². The summed E-state index contributed by atoms with van der Waals surface area (Å²) in [5.41, 5.74) is -0.294. The van der Waals surface area contributed by atoms with Gasteiger partial charge in [-0.15, -0.1) is 0 Å². The molecule has 0 saturated heterocycles. The van der Waals surface area contributed by atoms with Crippen LogP contribution in [-0.2, 0) is 6.18 Å². The molecule has 0 aliphatic heterocycles. The number of ether oxygens (including phenoxy) is 1. The van der Waals surface area contributed by atoms with Crippen LogP contribution < -0.4 is 9.64 Å². The van der Waals surface area contributed by atoms with E-state index in [-0.39, 0.29) is 11.8 Å². The SMILES string of the molecule is CCCCOc1ncc(C(F)(F)F)c(N(C)c2cccc(I)c2)n1. The van der Waals surface area contributed by atoms with Crippen molar-refractivity contribution in [2.45, 2.75) is 25.9 Å². The van der Waals surface area contributed by atoms with Gasteiger partial charge < -0.3 is 9.64 Å². The topological polar surface area (TPSA) is 38.2 Å². The Bertz CT molecular complexity index is 695. The van der Waals surface area contributed by atoms with Crippen LogP contribution in [0.25, 0.3) is 0 Å². The maximum Gasteiger partial charge on any atom is 0.421 e. The Morgan fingerprint density at radius 2 is 2.04 bits per heavy atom. The Labute approximate surface area is 152 Å². The van der Waals surface area contributed by atoms with Crippen LogP contribution in [0.15, 0.2) is 30.5 Å². The van der Waals surface area contributed by atoms with E-state index in [1.807, 2.05) is 13.0 Å². The number of hydrogen-bond donors (Lipinski definition) is 0. The highest BCUT2D eigenvalue weighted by Crippen LogP contribution is 2.37. The van der Waals surface area contributed by atoms with Gasteiger partial charge in [-0.2, -0.15) is 18.2 Å². The Kier molecular flexibility index (Phi) is 6.25. The fraction of sp³-hybridized carbons (Fsp3) is 0.375. The van der Waals surface area contributed by atoms with Gasteiger partial charge in [-0.05, 0) is 47.2 Å². The molecule has 0 atom stereocenters. The number of hydrogen-bond acceptors (Lipinski definition) is 4. The first kappa shape index (κ1) is 18.8. The van der Waals surface area contributed by atoms with Gasteiger partial charge in [-0.25, -0.2) is 4.98 Å². The molecule has 0 N–H and O–H groups in total. The Morgan fingerprint density at radius 3 is 2.67 bits per heavy atom. The summed E-state index contributed by atoms with van der Waals surface area (Å²) in [5, 5.41) is 0. The molecule has 4 nitrogen and oxygen atoms in total. The zero-order valence-electron chi connectivity index (χ0n) is 13.3. The molecule has 1 heterocycles. The van der Waals surface area contributed by atoms with Crippen LogP contribution in [0.4, 0.5) is 24.7 Å². The number of aromatic nitrogens is 2. The molecular weight excluding hydrogens is 434 g/mol. The summed E-state index contributed by atoms with van der Waals surface area (Å²) < 4.78 is 46.1. The summed E-state index contributed by atoms with van der Waals surface area (Å²) in [6.45, 7) is 2.36. The molecule has 8 heteroatoms. The van der Waals surface area contributed by atoms with E-state index in [0.717, 1.165) is 22.6 Å². The van der Waals surface area contributed by atoms with Crippen molar-refractivity contribution in [3.05, 3.63) is 39.6 Å². The number of nitrogens with zero attached hydrogens (tertiary/aromatic N) is 3. The molecule has 0 saturated carbocycles. The van der Waals surface area contributed by atoms with Crippen molar-refractivity contribution in [1.29, 1.82) is 0 Å². The van der Waals surface area contributed by atoms with Crippen molar-refractivity contribution in [2.75, 3.05) is 18.6 Å². The fourth-order valence-electron chi connectivity index (χ4n) is 2.00. The first-order chi connectivity index (χ1) is 11.3. The lowest BCUT2D eigenvalue weighted by molar-refractivity contribution is -0.137. The average molecular weight is 451 g/mol. The monoisotopic (exact) mass is 451 g/mol. The summed E-state index contributed by atoms with van der Waals surface area (Å²) >= 11 is 2.11. The minimum absolute atomic E-state index is 0.0519. The number of benzene rings is 1. The van der Waals surface area contributed by atoms with E-state index < -0.39 is 11.7 Å². The highest BCUT2D eigenvalue weighted by Gasteiger charge is 2.36. The molecule has 0 amide bonds. The molecule has 1 aromatic heterocycles. The van der Waals surface area contributed by atoms with Crippen LogP contribution >= 0.6 is 22.6 Å². The maximum absolute atomic E-state index is 13.3. The van der Waals surface area contributed by atoms with Crippen LogP contribution in [0.5, 0.6) is 6.01 Å². The van der Waals surface area contributed by atoms with Gasteiger partial charge in [0, 0.05) is 22.5 Å². The smallest absolute Gasteiger partial charge is 0.421 e. The second-order valence-corrected chi connectivity index (χ2v) is 6.37. The number of alkyl halides is 3. The zero-order chi connectivity index (χ0) is 17.7. The highest BCUT2D eigenvalue weighted by molar-refractivity contribution is 14.1. The van der Waals surface area contributed by atoms with E-state index >= 15 is 0 Å². The molecule has 24 heavy (non-hydrogen) atoms. The first-order valence-electron chi connectivity index (χ1n) is 7.39. The van der Waals surface area contributed by atoms with Crippen LogP contribution in [-0.4, -0.2) is 23.6 Å². The maximum atomic E-state index is 13.3. The third kappa shape index (κ3) is 4.71. The van der Waals surface area contributed by atoms with E-state index in [4.69, 9.17) is 4.74 Å². The summed E-state index contributed by atoms with van der Waals surface area (Å²) in [5.74, 6) is -0.231. The lowest BCUT2D eigenvalue weighted by Gasteiger charge is -2.22. The van der Waals surface area contributed by atoms with Crippen LogP contribution in [0.2, 0.25) is 0 Å². The molecular formula is C16H17F3IN3O. The minimum atomic E-state index is -4.55. The van der Waals surface area contributed by atoms with E-state index in [1.165, 1.54) is 4.90 Å². The average Bonchev–Trinajstić information content (AvgIpc) is 2.53. The summed E-state index contributed by atoms with van der Waals surface area (Å²) in [4.78, 5) is 9.07. The van der Waals surface area contributed by atoms with Crippen molar-refractivity contribution in [3.8, 4) is 6.01 Å². The van der Waals surface area contributed by atoms with Gasteiger partial charge in [0.2, 0.25) is 0 Å². The predicted octanol–water partition coefficient (Wildman–Crippen LogP) is 5.05. The highest BCUT2D eigenvalue weighted by atomic mass is 127. The summed E-state index contributed by atoms with van der Waals surface area (Å²) in [7, 11) is 1.54. The Balaban J connectivity index is 2.41. The van der Waals surface area contributed by atoms with Crippen molar-refractivity contribution in [1.82, 2.24) is 9.97 Å². The van der Waals surface area contributed by atoms with Crippen molar-refractivity contribution in [3.63, 3.8) is 0 Å². The number of unbranched alkanes of at least 4 members (excludes halogenated alkanes) is 1. The standard InChI is InChI=1S/C16H17F3IN3O/c1-3-4-8-24-15-21-10-13(16(17,18)19)14(22-15)23(2)12-7-5-6-11(20)9-12/h5-7,9-10H,3-4,8H2,1-2H3. The molecule has 2 aromatic rings. The number of halogens is 4. The zero-order valence-corrected chi connectivity index (χ0v) is 15.4. The first-order valence-corrected chi connectivity index (χ1v) is 8.47. The third-order valence-corrected chi connectivity index (χ3v) is 3.97. The minimum Gasteiger partial charge on any atom is -0.463 e. The van der Waals surface area contributed by atoms with Crippen molar-refractivity contribution >= 4 is 34.1 Å². The molecule has 0 aliphatic rings. The van der Waals surface area contributed by atoms with Crippen LogP contribution in [0.1, 0.15) is 25.3 Å². The molecule has 0 bridgehead atoms.